The quantitative estimate of drug-likeness (QED) is 0.507. The number of aromatic nitrogens is 1. The molecule has 0 aliphatic rings. The van der Waals surface area contributed by atoms with Gasteiger partial charge in [0.05, 0.1) is 16.7 Å². The standard InChI is InChI=1S/C14H12N4O4/c1-9-5-12(18(21)22)6-11(13(9)19)8-16-17-14(20)10-3-2-4-15-7-10/h2-8,19H,1H3,(H,17,20)/b16-8+. The van der Waals surface area contributed by atoms with Gasteiger partial charge in [-0.05, 0) is 24.6 Å². The van der Waals surface area contributed by atoms with Crippen LogP contribution in [0.2, 0.25) is 0 Å². The number of rotatable bonds is 4. The molecule has 2 rings (SSSR count). The van der Waals surface area contributed by atoms with Crippen LogP contribution in [0.3, 0.4) is 0 Å². The van der Waals surface area contributed by atoms with E-state index in [4.69, 9.17) is 0 Å². The second-order valence-corrected chi connectivity index (χ2v) is 4.40. The number of hydrogen-bond acceptors (Lipinski definition) is 6. The summed E-state index contributed by atoms with van der Waals surface area (Å²) < 4.78 is 0. The monoisotopic (exact) mass is 300 g/mol. The molecular formula is C14H12N4O4. The summed E-state index contributed by atoms with van der Waals surface area (Å²) in [4.78, 5) is 25.7. The minimum Gasteiger partial charge on any atom is -0.507 e. The molecule has 1 aromatic carbocycles. The number of phenolic OH excluding ortho intramolecular Hbond substituents is 1. The van der Waals surface area contributed by atoms with E-state index in [1.807, 2.05) is 0 Å². The van der Waals surface area contributed by atoms with Crippen molar-refractivity contribution in [1.29, 1.82) is 0 Å². The second-order valence-electron chi connectivity index (χ2n) is 4.40. The molecule has 0 saturated carbocycles. The topological polar surface area (TPSA) is 118 Å². The molecule has 1 aromatic heterocycles. The number of phenols is 1. The molecule has 0 atom stereocenters. The number of non-ortho nitro benzene ring substituents is 1. The van der Waals surface area contributed by atoms with Crippen LogP contribution >= 0.6 is 0 Å². The van der Waals surface area contributed by atoms with Crippen LogP contribution in [0.1, 0.15) is 21.5 Å². The first-order valence-electron chi connectivity index (χ1n) is 6.20. The average molecular weight is 300 g/mol. The number of aryl methyl sites for hydroxylation is 1. The van der Waals surface area contributed by atoms with Crippen LogP contribution in [0.15, 0.2) is 41.8 Å². The molecule has 0 spiro atoms. The van der Waals surface area contributed by atoms with Crippen LogP contribution in [0.25, 0.3) is 0 Å². The molecule has 0 radical (unpaired) electrons. The molecule has 2 N–H and O–H groups in total. The lowest BCUT2D eigenvalue weighted by atomic mass is 10.1. The van der Waals surface area contributed by atoms with Gasteiger partial charge in [0, 0.05) is 30.1 Å². The van der Waals surface area contributed by atoms with Gasteiger partial charge < -0.3 is 5.11 Å². The van der Waals surface area contributed by atoms with E-state index in [9.17, 15) is 20.0 Å². The highest BCUT2D eigenvalue weighted by Gasteiger charge is 2.12. The number of hydrogen-bond donors (Lipinski definition) is 2. The summed E-state index contributed by atoms with van der Waals surface area (Å²) in [5.41, 5.74) is 2.88. The molecule has 0 unspecified atom stereocenters. The van der Waals surface area contributed by atoms with Crippen molar-refractivity contribution >= 4 is 17.8 Å². The Bertz CT molecular complexity index is 744. The van der Waals surface area contributed by atoms with Crippen LogP contribution in [0, 0.1) is 17.0 Å². The first-order chi connectivity index (χ1) is 10.5. The molecule has 0 aliphatic heterocycles. The molecule has 0 bridgehead atoms. The maximum atomic E-state index is 11.7. The molecule has 0 aliphatic carbocycles. The van der Waals surface area contributed by atoms with E-state index in [1.165, 1.54) is 31.5 Å². The molecule has 1 amide bonds. The van der Waals surface area contributed by atoms with Crippen LogP contribution in [0.4, 0.5) is 5.69 Å². The lowest BCUT2D eigenvalue weighted by molar-refractivity contribution is -0.384. The van der Waals surface area contributed by atoms with Crippen molar-refractivity contribution in [2.24, 2.45) is 5.10 Å². The minimum absolute atomic E-state index is 0.134. The van der Waals surface area contributed by atoms with E-state index in [-0.39, 0.29) is 17.0 Å². The van der Waals surface area contributed by atoms with Crippen LogP contribution in [0.5, 0.6) is 5.75 Å². The van der Waals surface area contributed by atoms with Crippen LogP contribution < -0.4 is 5.43 Å². The molecule has 8 nitrogen and oxygen atoms in total. The molecular weight excluding hydrogens is 288 g/mol. The highest BCUT2D eigenvalue weighted by Crippen LogP contribution is 2.26. The van der Waals surface area contributed by atoms with Crippen LogP contribution in [-0.4, -0.2) is 27.1 Å². The number of carbonyl (C=O) groups excluding carboxylic acids is 1. The summed E-state index contributed by atoms with van der Waals surface area (Å²) in [5.74, 6) is -0.615. The largest absolute Gasteiger partial charge is 0.507 e. The zero-order valence-electron chi connectivity index (χ0n) is 11.6. The Labute approximate surface area is 125 Å². The van der Waals surface area contributed by atoms with Crippen molar-refractivity contribution in [1.82, 2.24) is 10.4 Å². The fourth-order valence-electron chi connectivity index (χ4n) is 1.71. The number of nitro benzene ring substituents is 1. The summed E-state index contributed by atoms with van der Waals surface area (Å²) in [5, 5.41) is 24.3. The van der Waals surface area contributed by atoms with Crippen molar-refractivity contribution in [3.63, 3.8) is 0 Å². The predicted molar refractivity (Wildman–Crippen MR) is 78.8 cm³/mol. The van der Waals surface area contributed by atoms with Crippen molar-refractivity contribution < 1.29 is 14.8 Å². The van der Waals surface area contributed by atoms with Crippen molar-refractivity contribution in [2.75, 3.05) is 0 Å². The first kappa shape index (κ1) is 15.1. The second kappa shape index (κ2) is 6.44. The maximum absolute atomic E-state index is 11.7. The van der Waals surface area contributed by atoms with Crippen LogP contribution in [-0.2, 0) is 0 Å². The van der Waals surface area contributed by atoms with Gasteiger partial charge in [0.1, 0.15) is 5.75 Å². The van der Waals surface area contributed by atoms with Gasteiger partial charge in [-0.1, -0.05) is 0 Å². The van der Waals surface area contributed by atoms with Gasteiger partial charge in [-0.25, -0.2) is 5.43 Å². The Morgan fingerprint density at radius 2 is 2.27 bits per heavy atom. The number of aromatic hydroxyl groups is 1. The number of carbonyl (C=O) groups is 1. The highest BCUT2D eigenvalue weighted by molar-refractivity contribution is 5.94. The van der Waals surface area contributed by atoms with Gasteiger partial charge in [-0.3, -0.25) is 19.9 Å². The molecule has 1 heterocycles. The smallest absolute Gasteiger partial charge is 0.272 e. The number of nitrogens with zero attached hydrogens (tertiary/aromatic N) is 3. The zero-order valence-corrected chi connectivity index (χ0v) is 11.6. The molecule has 0 saturated heterocycles. The van der Waals surface area contributed by atoms with Gasteiger partial charge in [0.15, 0.2) is 0 Å². The Kier molecular flexibility index (Phi) is 4.42. The van der Waals surface area contributed by atoms with Gasteiger partial charge >= 0.3 is 0 Å². The van der Waals surface area contributed by atoms with Crippen molar-refractivity contribution in [2.45, 2.75) is 6.92 Å². The van der Waals surface area contributed by atoms with E-state index >= 15 is 0 Å². The lowest BCUT2D eigenvalue weighted by Crippen LogP contribution is -2.17. The third-order valence-electron chi connectivity index (χ3n) is 2.82. The Morgan fingerprint density at radius 1 is 1.50 bits per heavy atom. The third-order valence-corrected chi connectivity index (χ3v) is 2.82. The van der Waals surface area contributed by atoms with E-state index in [1.54, 1.807) is 12.1 Å². The molecule has 8 heteroatoms. The summed E-state index contributed by atoms with van der Waals surface area (Å²) >= 11 is 0. The average Bonchev–Trinajstić information content (AvgIpc) is 2.51. The Balaban J connectivity index is 2.17. The molecule has 2 aromatic rings. The number of pyridine rings is 1. The molecule has 22 heavy (non-hydrogen) atoms. The number of benzene rings is 1. The van der Waals surface area contributed by atoms with Gasteiger partial charge in [0.2, 0.25) is 0 Å². The minimum atomic E-state index is -0.571. The summed E-state index contributed by atoms with van der Waals surface area (Å²) in [6, 6.07) is 5.59. The SMILES string of the molecule is Cc1cc([N+](=O)[O-])cc(/C=N/NC(=O)c2cccnc2)c1O. The highest BCUT2D eigenvalue weighted by atomic mass is 16.6. The third kappa shape index (κ3) is 3.42. The maximum Gasteiger partial charge on any atom is 0.272 e. The predicted octanol–water partition coefficient (Wildman–Crippen LogP) is 1.77. The fourth-order valence-corrected chi connectivity index (χ4v) is 1.71. The number of amides is 1. The number of nitrogens with one attached hydrogen (secondary N) is 1. The lowest BCUT2D eigenvalue weighted by Gasteiger charge is -2.03. The van der Waals surface area contributed by atoms with E-state index in [2.05, 4.69) is 15.5 Å². The van der Waals surface area contributed by atoms with Crippen molar-refractivity contribution in [3.8, 4) is 5.75 Å². The summed E-state index contributed by atoms with van der Waals surface area (Å²) in [7, 11) is 0. The van der Waals surface area contributed by atoms with Crippen molar-refractivity contribution in [3.05, 3.63) is 63.5 Å². The number of hydrazone groups is 1. The zero-order chi connectivity index (χ0) is 16.1. The first-order valence-corrected chi connectivity index (χ1v) is 6.20. The van der Waals surface area contributed by atoms with Gasteiger partial charge in [-0.2, -0.15) is 5.10 Å². The normalized spacial score (nSPS) is 10.6. The summed E-state index contributed by atoms with van der Waals surface area (Å²) in [6.07, 6.45) is 4.05. The van der Waals surface area contributed by atoms with E-state index in [0.717, 1.165) is 6.21 Å². The Hall–Kier alpha value is -3.29. The molecule has 0 fully saturated rings. The molecule has 112 valence electrons. The van der Waals surface area contributed by atoms with Gasteiger partial charge in [0.25, 0.3) is 11.6 Å². The van der Waals surface area contributed by atoms with Gasteiger partial charge in [-0.15, -0.1) is 0 Å². The fraction of sp³-hybridized carbons (Fsp3) is 0.0714. The van der Waals surface area contributed by atoms with E-state index in [0.29, 0.717) is 11.1 Å². The van der Waals surface area contributed by atoms with E-state index < -0.39 is 10.8 Å². The Morgan fingerprint density at radius 3 is 2.91 bits per heavy atom. The summed E-state index contributed by atoms with van der Waals surface area (Å²) in [6.45, 7) is 1.54. The number of nitro groups is 1.